The summed E-state index contributed by atoms with van der Waals surface area (Å²) in [5.74, 6) is 1.55. The minimum Gasteiger partial charge on any atom is -0.497 e. The monoisotopic (exact) mass is 490 g/mol. The molecule has 0 saturated carbocycles. The van der Waals surface area contributed by atoms with E-state index in [2.05, 4.69) is 10.2 Å². The van der Waals surface area contributed by atoms with Gasteiger partial charge in [0, 0.05) is 47.9 Å². The number of nitrogens with two attached hydrogens (primary N) is 1. The highest BCUT2D eigenvalue weighted by molar-refractivity contribution is 8.24. The van der Waals surface area contributed by atoms with E-state index in [-0.39, 0.29) is 5.75 Å². The van der Waals surface area contributed by atoms with Gasteiger partial charge in [-0.15, -0.1) is 0 Å². The fourth-order valence-corrected chi connectivity index (χ4v) is 5.88. The molecule has 0 atom stereocenters. The minimum absolute atomic E-state index is 0.208. The minimum atomic E-state index is -2.95. The molecule has 2 aliphatic heterocycles. The van der Waals surface area contributed by atoms with Crippen LogP contribution in [0, 0.1) is 0 Å². The van der Waals surface area contributed by atoms with Crippen molar-refractivity contribution in [2.45, 2.75) is 17.0 Å². The van der Waals surface area contributed by atoms with Crippen LogP contribution in [0.2, 0.25) is 5.02 Å². The molecule has 5 rings (SSSR count). The summed E-state index contributed by atoms with van der Waals surface area (Å²) in [6.07, 6.45) is 0. The molecule has 0 spiro atoms. The number of rotatable bonds is 5. The molecule has 176 valence electrons. The van der Waals surface area contributed by atoms with Crippen molar-refractivity contribution in [1.82, 2.24) is 4.98 Å². The summed E-state index contributed by atoms with van der Waals surface area (Å²) >= 11 is 6.27. The van der Waals surface area contributed by atoms with Gasteiger partial charge < -0.3 is 25.4 Å². The summed E-state index contributed by atoms with van der Waals surface area (Å²) in [6, 6.07) is 13.0. The largest absolute Gasteiger partial charge is 0.497 e. The first-order valence-corrected chi connectivity index (χ1v) is 12.7. The van der Waals surface area contributed by atoms with E-state index in [4.69, 9.17) is 31.8 Å². The highest BCUT2D eigenvalue weighted by atomic mass is 35.5. The third-order valence-electron chi connectivity index (χ3n) is 6.12. The second-order valence-electron chi connectivity index (χ2n) is 8.66. The molecular weight excluding hydrogens is 464 g/mol. The lowest BCUT2D eigenvalue weighted by Gasteiger charge is -2.38. The number of nitrogens with one attached hydrogen (secondary N) is 1. The number of methoxy groups -OCH3 is 1. The van der Waals surface area contributed by atoms with Crippen molar-refractivity contribution in [3.8, 4) is 5.75 Å². The van der Waals surface area contributed by atoms with Gasteiger partial charge in [-0.2, -0.15) is 10.6 Å². The van der Waals surface area contributed by atoms with E-state index in [0.717, 1.165) is 28.0 Å². The topological polar surface area (TPSA) is 113 Å². The van der Waals surface area contributed by atoms with Crippen LogP contribution in [0.4, 0.5) is 11.5 Å². The van der Waals surface area contributed by atoms with E-state index in [9.17, 15) is 9.11 Å². The Morgan fingerprint density at radius 3 is 2.79 bits per heavy atom. The number of fused-ring (bicyclic) bond motifs is 2. The maximum absolute atomic E-state index is 10.8. The average Bonchev–Trinajstić information content (AvgIpc) is 2.91. The molecule has 33 heavy (non-hydrogen) atoms. The Hall–Kier alpha value is -2.27. The summed E-state index contributed by atoms with van der Waals surface area (Å²) in [5, 5.41) is 4.99. The first-order valence-electron chi connectivity index (χ1n) is 10.6. The molecule has 3 heterocycles. The van der Waals surface area contributed by atoms with Crippen LogP contribution in [-0.2, 0) is 11.3 Å². The molecule has 5 N–H and O–H groups in total. The van der Waals surface area contributed by atoms with Crippen LogP contribution in [0.1, 0.15) is 5.56 Å². The van der Waals surface area contributed by atoms with Gasteiger partial charge in [0.1, 0.15) is 11.6 Å². The number of aromatic nitrogens is 1. The highest BCUT2D eigenvalue weighted by Crippen LogP contribution is 2.52. The van der Waals surface area contributed by atoms with Gasteiger partial charge in [0.25, 0.3) is 0 Å². The number of pyridine rings is 1. The molecule has 10 heteroatoms. The van der Waals surface area contributed by atoms with E-state index in [1.165, 1.54) is 0 Å². The second-order valence-corrected chi connectivity index (χ2v) is 11.3. The fourth-order valence-electron chi connectivity index (χ4n) is 4.15. The van der Waals surface area contributed by atoms with Gasteiger partial charge in [0.2, 0.25) is 0 Å². The molecule has 0 unspecified atom stereocenters. The van der Waals surface area contributed by atoms with Crippen molar-refractivity contribution >= 4 is 44.6 Å². The molecule has 1 fully saturated rings. The molecule has 0 amide bonds. The summed E-state index contributed by atoms with van der Waals surface area (Å²) in [7, 11) is -1.38. The first kappa shape index (κ1) is 22.5. The smallest absolute Gasteiger partial charge is 0.131 e. The Balaban J connectivity index is 1.52. The fraction of sp³-hybridized carbons (Fsp3) is 0.348. The van der Waals surface area contributed by atoms with Crippen LogP contribution in [0.25, 0.3) is 10.9 Å². The average molecular weight is 491 g/mol. The standard InChI is InChI=1S/C23H27ClN4O4S/c1-31-17-4-2-15-11-28(6-7-33(29,30)21(15)9-17)22-10-20(26-12-23(25)13-32-14-23)18-8-16(24)3-5-19(18)27-22/h2-5,8-10,29-30H,6-7,11-14,25H2,1H3,(H,26,27). The lowest BCUT2D eigenvalue weighted by atomic mass is 9.99. The van der Waals surface area contributed by atoms with Gasteiger partial charge >= 0.3 is 0 Å². The molecule has 0 radical (unpaired) electrons. The van der Waals surface area contributed by atoms with Gasteiger partial charge in [-0.1, -0.05) is 17.7 Å². The zero-order valence-corrected chi connectivity index (χ0v) is 19.8. The number of nitrogens with zero attached hydrogens (tertiary/aromatic N) is 2. The van der Waals surface area contributed by atoms with E-state index < -0.39 is 16.1 Å². The molecule has 2 aromatic carbocycles. The van der Waals surface area contributed by atoms with Crippen LogP contribution in [-0.4, -0.2) is 58.8 Å². The first-order chi connectivity index (χ1) is 15.8. The van der Waals surface area contributed by atoms with Crippen LogP contribution < -0.4 is 20.7 Å². The number of hydrogen-bond donors (Lipinski definition) is 4. The molecule has 2 aliphatic rings. The highest BCUT2D eigenvalue weighted by Gasteiger charge is 2.34. The van der Waals surface area contributed by atoms with Crippen molar-refractivity contribution in [3.63, 3.8) is 0 Å². The predicted molar refractivity (Wildman–Crippen MR) is 133 cm³/mol. The number of anilines is 2. The van der Waals surface area contributed by atoms with Crippen molar-refractivity contribution in [1.29, 1.82) is 0 Å². The maximum atomic E-state index is 10.8. The molecule has 8 nitrogen and oxygen atoms in total. The number of ether oxygens (including phenoxy) is 2. The van der Waals surface area contributed by atoms with E-state index in [0.29, 0.717) is 48.5 Å². The number of halogens is 1. The molecule has 1 saturated heterocycles. The van der Waals surface area contributed by atoms with Gasteiger partial charge in [-0.3, -0.25) is 9.11 Å². The van der Waals surface area contributed by atoms with Crippen LogP contribution in [0.3, 0.4) is 0 Å². The van der Waals surface area contributed by atoms with Gasteiger partial charge in [-0.25, -0.2) is 4.98 Å². The van der Waals surface area contributed by atoms with Gasteiger partial charge in [0.05, 0.1) is 42.0 Å². The number of hydrogen-bond acceptors (Lipinski definition) is 8. The lowest BCUT2D eigenvalue weighted by Crippen LogP contribution is -2.61. The summed E-state index contributed by atoms with van der Waals surface area (Å²) < 4.78 is 32.2. The Morgan fingerprint density at radius 2 is 2.06 bits per heavy atom. The number of benzene rings is 2. The maximum Gasteiger partial charge on any atom is 0.131 e. The normalized spacial score (nSPS) is 19.8. The molecular formula is C23H27ClN4O4S. The third-order valence-corrected chi connectivity index (χ3v) is 8.20. The van der Waals surface area contributed by atoms with E-state index in [1.807, 2.05) is 36.4 Å². The predicted octanol–water partition coefficient (Wildman–Crippen LogP) is 4.17. The second kappa shape index (κ2) is 8.50. The Kier molecular flexibility index (Phi) is 5.80. The SMILES string of the molecule is COc1ccc2c(c1)S(O)(O)CCN(c1cc(NCC3(N)COC3)c3cc(Cl)ccc3n1)C2. The zero-order chi connectivity index (χ0) is 23.2. The van der Waals surface area contributed by atoms with Crippen molar-refractivity contribution in [2.75, 3.05) is 49.4 Å². The summed E-state index contributed by atoms with van der Waals surface area (Å²) in [5.41, 5.74) is 8.44. The van der Waals surface area contributed by atoms with Gasteiger partial charge in [0.15, 0.2) is 0 Å². The Morgan fingerprint density at radius 1 is 1.24 bits per heavy atom. The summed E-state index contributed by atoms with van der Waals surface area (Å²) in [6.45, 7) is 2.53. The zero-order valence-electron chi connectivity index (χ0n) is 18.3. The van der Waals surface area contributed by atoms with Crippen LogP contribution >= 0.6 is 22.2 Å². The molecule has 3 aromatic rings. The quantitative estimate of drug-likeness (QED) is 0.421. The van der Waals surface area contributed by atoms with Crippen LogP contribution in [0.5, 0.6) is 5.75 Å². The van der Waals surface area contributed by atoms with Crippen molar-refractivity contribution in [2.24, 2.45) is 5.73 Å². The Bertz CT molecular complexity index is 1200. The van der Waals surface area contributed by atoms with Crippen molar-refractivity contribution in [3.05, 3.63) is 53.1 Å². The summed E-state index contributed by atoms with van der Waals surface area (Å²) in [4.78, 5) is 7.47. The van der Waals surface area contributed by atoms with E-state index in [1.54, 1.807) is 13.2 Å². The van der Waals surface area contributed by atoms with Crippen molar-refractivity contribution < 1.29 is 18.6 Å². The molecule has 1 aromatic heterocycles. The lowest BCUT2D eigenvalue weighted by molar-refractivity contribution is -0.0461. The third kappa shape index (κ3) is 4.44. The van der Waals surface area contributed by atoms with Crippen LogP contribution in [0.15, 0.2) is 47.4 Å². The van der Waals surface area contributed by atoms with Gasteiger partial charge in [-0.05, 0) is 29.8 Å². The molecule has 0 aliphatic carbocycles. The van der Waals surface area contributed by atoms with E-state index >= 15 is 0 Å². The molecule has 0 bridgehead atoms. The Labute approximate surface area is 199 Å².